The molecule has 5 nitrogen and oxygen atoms in total. The molecule has 0 aliphatic heterocycles. The van der Waals surface area contributed by atoms with E-state index in [1.165, 1.54) is 17.7 Å². The average Bonchev–Trinajstić information content (AvgIpc) is 3.37. The van der Waals surface area contributed by atoms with E-state index in [-0.39, 0.29) is 23.2 Å². The van der Waals surface area contributed by atoms with E-state index in [1.54, 1.807) is 6.92 Å². The number of aromatic nitrogens is 1. The van der Waals surface area contributed by atoms with Gasteiger partial charge in [0, 0.05) is 0 Å². The van der Waals surface area contributed by atoms with Crippen LogP contribution in [0.2, 0.25) is 0 Å². The Morgan fingerprint density at radius 2 is 1.79 bits per heavy atom. The number of hydrogen-bond donors (Lipinski definition) is 2. The van der Waals surface area contributed by atoms with Gasteiger partial charge < -0.3 is 10.4 Å². The Bertz CT molecular complexity index is 780. The highest BCUT2D eigenvalue weighted by atomic mass is 16.4. The van der Waals surface area contributed by atoms with Gasteiger partial charge in [0.1, 0.15) is 5.69 Å². The fourth-order valence-electron chi connectivity index (χ4n) is 2.81. The van der Waals surface area contributed by atoms with Crippen molar-refractivity contribution in [1.29, 1.82) is 0 Å². The summed E-state index contributed by atoms with van der Waals surface area (Å²) in [5.74, 6) is -0.856. The molecule has 24 heavy (non-hydrogen) atoms. The normalized spacial score (nSPS) is 14.9. The van der Waals surface area contributed by atoms with Gasteiger partial charge in [-0.3, -0.25) is 4.79 Å². The van der Waals surface area contributed by atoms with Crippen molar-refractivity contribution in [2.45, 2.75) is 32.7 Å². The van der Waals surface area contributed by atoms with Crippen LogP contribution >= 0.6 is 0 Å². The van der Waals surface area contributed by atoms with Crippen LogP contribution in [0.25, 0.3) is 0 Å². The number of amides is 1. The first kappa shape index (κ1) is 16.2. The Morgan fingerprint density at radius 3 is 2.33 bits per heavy atom. The Labute approximate surface area is 140 Å². The molecule has 1 heterocycles. The van der Waals surface area contributed by atoms with Gasteiger partial charge in [-0.25, -0.2) is 9.78 Å². The maximum atomic E-state index is 12.5. The molecule has 0 saturated heterocycles. The van der Waals surface area contributed by atoms with E-state index in [0.29, 0.717) is 11.6 Å². The Balaban J connectivity index is 1.80. The molecule has 1 aromatic carbocycles. The standard InChI is InChI=1S/C19H20N2O3/c1-11-3-5-13(6-4-11)17(14-7-8-14)21-18(22)16-10-9-15(19(23)24)12(2)20-16/h3-6,9-10,14,17H,7-8H2,1-2H3,(H,21,22)(H,23,24). The molecule has 5 heteroatoms. The van der Waals surface area contributed by atoms with Crippen LogP contribution in [0.4, 0.5) is 0 Å². The molecule has 1 atom stereocenters. The predicted octanol–water partition coefficient (Wildman–Crippen LogP) is 3.28. The highest BCUT2D eigenvalue weighted by Gasteiger charge is 2.33. The number of carboxylic acid groups (broad SMARTS) is 1. The number of pyridine rings is 1. The second kappa shape index (κ2) is 6.43. The number of carbonyl (C=O) groups is 2. The van der Waals surface area contributed by atoms with E-state index in [2.05, 4.69) is 10.3 Å². The number of benzene rings is 1. The first-order chi connectivity index (χ1) is 11.5. The largest absolute Gasteiger partial charge is 0.478 e. The van der Waals surface area contributed by atoms with Gasteiger partial charge in [0.05, 0.1) is 17.3 Å². The topological polar surface area (TPSA) is 79.3 Å². The van der Waals surface area contributed by atoms with Crippen molar-refractivity contribution in [3.63, 3.8) is 0 Å². The van der Waals surface area contributed by atoms with Crippen LogP contribution in [0.1, 0.15) is 56.6 Å². The van der Waals surface area contributed by atoms with Gasteiger partial charge in [-0.05, 0) is 50.3 Å². The highest BCUT2D eigenvalue weighted by Crippen LogP contribution is 2.41. The zero-order valence-corrected chi connectivity index (χ0v) is 13.7. The summed E-state index contributed by atoms with van der Waals surface area (Å²) in [5, 5.41) is 12.1. The molecule has 1 amide bonds. The van der Waals surface area contributed by atoms with Gasteiger partial charge in [0.15, 0.2) is 0 Å². The summed E-state index contributed by atoms with van der Waals surface area (Å²) in [6.07, 6.45) is 2.20. The molecule has 1 fully saturated rings. The number of aryl methyl sites for hydroxylation is 2. The van der Waals surface area contributed by atoms with Crippen LogP contribution in [-0.4, -0.2) is 22.0 Å². The maximum Gasteiger partial charge on any atom is 0.337 e. The summed E-state index contributed by atoms with van der Waals surface area (Å²) in [4.78, 5) is 27.7. The zero-order chi connectivity index (χ0) is 17.3. The summed E-state index contributed by atoms with van der Waals surface area (Å²) in [7, 11) is 0. The Morgan fingerprint density at radius 1 is 1.12 bits per heavy atom. The highest BCUT2D eigenvalue weighted by molar-refractivity contribution is 5.94. The zero-order valence-electron chi connectivity index (χ0n) is 13.7. The lowest BCUT2D eigenvalue weighted by molar-refractivity contribution is 0.0694. The lowest BCUT2D eigenvalue weighted by Gasteiger charge is -2.19. The van der Waals surface area contributed by atoms with E-state index in [1.807, 2.05) is 31.2 Å². The number of rotatable bonds is 5. The first-order valence-corrected chi connectivity index (χ1v) is 8.04. The SMILES string of the molecule is Cc1ccc(C(NC(=O)c2ccc(C(=O)O)c(C)n2)C2CC2)cc1. The lowest BCUT2D eigenvalue weighted by atomic mass is 10.0. The molecule has 1 unspecified atom stereocenters. The molecule has 1 aromatic heterocycles. The molecule has 0 bridgehead atoms. The summed E-state index contributed by atoms with van der Waals surface area (Å²) in [6, 6.07) is 11.0. The number of hydrogen-bond acceptors (Lipinski definition) is 3. The monoisotopic (exact) mass is 324 g/mol. The van der Waals surface area contributed by atoms with Crippen molar-refractivity contribution >= 4 is 11.9 Å². The average molecular weight is 324 g/mol. The van der Waals surface area contributed by atoms with Gasteiger partial charge in [0.25, 0.3) is 5.91 Å². The number of aromatic carboxylic acids is 1. The van der Waals surface area contributed by atoms with Crippen LogP contribution in [0.3, 0.4) is 0 Å². The van der Waals surface area contributed by atoms with Crippen molar-refractivity contribution in [3.8, 4) is 0 Å². The predicted molar refractivity (Wildman–Crippen MR) is 90.0 cm³/mol. The molecule has 124 valence electrons. The van der Waals surface area contributed by atoms with Crippen LogP contribution in [0.5, 0.6) is 0 Å². The minimum absolute atomic E-state index is 0.0284. The minimum atomic E-state index is -1.04. The molecule has 1 saturated carbocycles. The first-order valence-electron chi connectivity index (χ1n) is 8.04. The van der Waals surface area contributed by atoms with Gasteiger partial charge in [0.2, 0.25) is 0 Å². The quantitative estimate of drug-likeness (QED) is 0.884. The van der Waals surface area contributed by atoms with Crippen LogP contribution < -0.4 is 5.32 Å². The van der Waals surface area contributed by atoms with E-state index in [9.17, 15) is 9.59 Å². The third-order valence-electron chi connectivity index (χ3n) is 4.37. The second-order valence-electron chi connectivity index (χ2n) is 6.33. The molecular weight excluding hydrogens is 304 g/mol. The molecule has 0 radical (unpaired) electrons. The molecule has 2 N–H and O–H groups in total. The lowest BCUT2D eigenvalue weighted by Crippen LogP contribution is -2.30. The van der Waals surface area contributed by atoms with Crippen molar-refractivity contribution in [1.82, 2.24) is 10.3 Å². The maximum absolute atomic E-state index is 12.5. The summed E-state index contributed by atoms with van der Waals surface area (Å²) >= 11 is 0. The van der Waals surface area contributed by atoms with Crippen LogP contribution in [-0.2, 0) is 0 Å². The molecule has 0 spiro atoms. The van der Waals surface area contributed by atoms with Gasteiger partial charge in [-0.2, -0.15) is 0 Å². The van der Waals surface area contributed by atoms with E-state index >= 15 is 0 Å². The molecule has 1 aliphatic rings. The van der Waals surface area contributed by atoms with Crippen molar-refractivity contribution in [2.24, 2.45) is 5.92 Å². The molecule has 3 rings (SSSR count). The van der Waals surface area contributed by atoms with E-state index in [0.717, 1.165) is 18.4 Å². The molecular formula is C19H20N2O3. The smallest absolute Gasteiger partial charge is 0.337 e. The van der Waals surface area contributed by atoms with E-state index < -0.39 is 5.97 Å². The van der Waals surface area contributed by atoms with Gasteiger partial charge in [-0.15, -0.1) is 0 Å². The third-order valence-corrected chi connectivity index (χ3v) is 4.37. The van der Waals surface area contributed by atoms with E-state index in [4.69, 9.17) is 5.11 Å². The van der Waals surface area contributed by atoms with Gasteiger partial charge in [-0.1, -0.05) is 29.8 Å². The number of nitrogens with zero attached hydrogens (tertiary/aromatic N) is 1. The Kier molecular flexibility index (Phi) is 4.34. The number of carbonyl (C=O) groups excluding carboxylic acids is 1. The number of nitrogens with one attached hydrogen (secondary N) is 1. The van der Waals surface area contributed by atoms with Crippen molar-refractivity contribution in [2.75, 3.05) is 0 Å². The summed E-state index contributed by atoms with van der Waals surface area (Å²) in [6.45, 7) is 3.63. The Hall–Kier alpha value is -2.69. The minimum Gasteiger partial charge on any atom is -0.478 e. The number of carboxylic acids is 1. The van der Waals surface area contributed by atoms with Crippen LogP contribution in [0.15, 0.2) is 36.4 Å². The molecule has 2 aromatic rings. The summed E-state index contributed by atoms with van der Waals surface area (Å²) < 4.78 is 0. The van der Waals surface area contributed by atoms with Crippen molar-refractivity contribution in [3.05, 3.63) is 64.5 Å². The second-order valence-corrected chi connectivity index (χ2v) is 6.33. The van der Waals surface area contributed by atoms with Gasteiger partial charge >= 0.3 is 5.97 Å². The summed E-state index contributed by atoms with van der Waals surface area (Å²) in [5.41, 5.74) is 2.98. The third kappa shape index (κ3) is 3.45. The molecule has 1 aliphatic carbocycles. The van der Waals surface area contributed by atoms with Crippen molar-refractivity contribution < 1.29 is 14.7 Å². The fourth-order valence-corrected chi connectivity index (χ4v) is 2.81. The van der Waals surface area contributed by atoms with Crippen LogP contribution in [0, 0.1) is 19.8 Å². The fraction of sp³-hybridized carbons (Fsp3) is 0.316.